The van der Waals surface area contributed by atoms with Crippen molar-refractivity contribution < 1.29 is 17.9 Å². The predicted molar refractivity (Wildman–Crippen MR) is 185 cm³/mol. The largest absolute Gasteiger partial charge is 0.475 e. The smallest absolute Gasteiger partial charge is 0.264 e. The fraction of sp³-hybridized carbons (Fsp3) is 0.417. The highest BCUT2D eigenvalue weighted by atomic mass is 32.2. The highest BCUT2D eigenvalue weighted by Crippen LogP contribution is 2.33. The molecule has 4 aromatic rings. The number of carbonyl (C=O) groups is 1. The Bertz CT molecular complexity index is 1920. The number of amides is 1. The van der Waals surface area contributed by atoms with Gasteiger partial charge >= 0.3 is 0 Å². The van der Waals surface area contributed by atoms with Gasteiger partial charge in [0.25, 0.3) is 15.9 Å². The number of hydrogen-bond donors (Lipinski definition) is 1. The minimum atomic E-state index is -4.17. The molecule has 3 heterocycles. The van der Waals surface area contributed by atoms with Gasteiger partial charge in [-0.1, -0.05) is 45.0 Å². The second-order valence-electron chi connectivity index (χ2n) is 14.2. The quantitative estimate of drug-likeness (QED) is 0.250. The normalized spacial score (nSPS) is 17.8. The van der Waals surface area contributed by atoms with Gasteiger partial charge < -0.3 is 14.5 Å². The van der Waals surface area contributed by atoms with Crippen molar-refractivity contribution in [1.29, 1.82) is 0 Å². The third-order valence-corrected chi connectivity index (χ3v) is 9.98. The van der Waals surface area contributed by atoms with Crippen LogP contribution in [-0.4, -0.2) is 65.4 Å². The molecule has 2 aromatic carbocycles. The Hall–Kier alpha value is -4.58. The van der Waals surface area contributed by atoms with Crippen molar-refractivity contribution in [3.63, 3.8) is 0 Å². The lowest BCUT2D eigenvalue weighted by atomic mass is 9.87. The molecule has 0 spiro atoms. The van der Waals surface area contributed by atoms with E-state index in [4.69, 9.17) is 9.72 Å². The third-order valence-electron chi connectivity index (χ3n) is 8.65. The van der Waals surface area contributed by atoms with Gasteiger partial charge in [-0.15, -0.1) is 0 Å². The number of nitrogens with one attached hydrogen (secondary N) is 1. The Morgan fingerprint density at radius 3 is 2.44 bits per heavy atom. The number of aromatic nitrogens is 4. The summed E-state index contributed by atoms with van der Waals surface area (Å²) in [5, 5.41) is 0. The van der Waals surface area contributed by atoms with E-state index in [0.29, 0.717) is 23.7 Å². The summed E-state index contributed by atoms with van der Waals surface area (Å²) in [6.07, 6.45) is 6.45. The molecule has 1 atom stereocenters. The van der Waals surface area contributed by atoms with Crippen molar-refractivity contribution in [3.8, 4) is 17.1 Å². The Kier molecular flexibility index (Phi) is 9.12. The first-order valence-electron chi connectivity index (χ1n) is 16.3. The summed E-state index contributed by atoms with van der Waals surface area (Å²) in [4.78, 5) is 36.7. The minimum absolute atomic E-state index is 0.0769. The molecule has 252 valence electrons. The van der Waals surface area contributed by atoms with Gasteiger partial charge in [0.15, 0.2) is 0 Å². The van der Waals surface area contributed by atoms with E-state index in [9.17, 15) is 13.2 Å². The number of nitrogens with zero attached hydrogens (tertiary/aromatic N) is 6. The summed E-state index contributed by atoms with van der Waals surface area (Å²) in [5.41, 5.74) is 4.02. The highest BCUT2D eigenvalue weighted by Gasteiger charge is 2.32. The molecule has 1 saturated carbocycles. The van der Waals surface area contributed by atoms with E-state index in [1.165, 1.54) is 25.0 Å². The van der Waals surface area contributed by atoms with Crippen LogP contribution in [0.1, 0.15) is 67.2 Å². The molecule has 4 bridgehead atoms. The van der Waals surface area contributed by atoms with Crippen LogP contribution in [-0.2, 0) is 16.6 Å². The van der Waals surface area contributed by atoms with Crippen molar-refractivity contribution in [2.24, 2.45) is 11.3 Å². The molecule has 1 N–H and O–H groups in total. The van der Waals surface area contributed by atoms with Gasteiger partial charge in [0, 0.05) is 30.8 Å². The van der Waals surface area contributed by atoms with Gasteiger partial charge in [-0.3, -0.25) is 9.78 Å². The summed E-state index contributed by atoms with van der Waals surface area (Å²) >= 11 is 0. The number of ether oxygens (including phenoxy) is 1. The molecule has 0 saturated heterocycles. The lowest BCUT2D eigenvalue weighted by Crippen LogP contribution is -2.45. The number of hydrogen-bond acceptors (Lipinski definition) is 9. The molecule has 12 heteroatoms. The fourth-order valence-corrected chi connectivity index (χ4v) is 7.15. The van der Waals surface area contributed by atoms with Gasteiger partial charge in [0.05, 0.1) is 41.3 Å². The van der Waals surface area contributed by atoms with Crippen LogP contribution in [0, 0.1) is 25.2 Å². The molecule has 1 aliphatic carbocycles. The Morgan fingerprint density at radius 1 is 1.00 bits per heavy atom. The topological polar surface area (TPSA) is 131 Å². The van der Waals surface area contributed by atoms with Crippen molar-refractivity contribution in [2.45, 2.75) is 71.4 Å². The maximum atomic E-state index is 14.5. The number of benzene rings is 2. The standard InChI is InChI=1S/C36H43N7O4S/c1-23-9-7-10-24(2)33(23)30-16-32-40-35(39-30)41-48(45,46)29-12-8-11-26(15-29)34(44)43(28(22-47-32)17-36(3,4)5)21-27-18-37-19-31(38-27)42(6)20-25-13-14-25/h7-12,15-16,18-19,25,28H,13-14,17,20-22H2,1-6H3,(H,39,40,41)/t28-/m1/s1. The minimum Gasteiger partial charge on any atom is -0.475 e. The van der Waals surface area contributed by atoms with E-state index in [1.54, 1.807) is 35.5 Å². The van der Waals surface area contributed by atoms with E-state index >= 15 is 0 Å². The van der Waals surface area contributed by atoms with E-state index in [2.05, 4.69) is 45.3 Å². The number of rotatable bonds is 7. The van der Waals surface area contributed by atoms with Gasteiger partial charge in [-0.2, -0.15) is 4.98 Å². The van der Waals surface area contributed by atoms with E-state index < -0.39 is 16.1 Å². The predicted octanol–water partition coefficient (Wildman–Crippen LogP) is 6.04. The summed E-state index contributed by atoms with van der Waals surface area (Å²) < 4.78 is 36.3. The number of carbonyl (C=O) groups excluding carboxylic acids is 1. The molecule has 1 aliphatic heterocycles. The van der Waals surface area contributed by atoms with E-state index in [0.717, 1.165) is 29.1 Å². The summed E-state index contributed by atoms with van der Waals surface area (Å²) in [7, 11) is -2.16. The highest BCUT2D eigenvalue weighted by molar-refractivity contribution is 7.92. The van der Waals surface area contributed by atoms with Gasteiger partial charge in [-0.05, 0) is 73.8 Å². The molecule has 1 fully saturated rings. The van der Waals surface area contributed by atoms with Gasteiger partial charge in [-0.25, -0.2) is 23.1 Å². The van der Waals surface area contributed by atoms with Crippen molar-refractivity contribution in [3.05, 3.63) is 83.3 Å². The Balaban J connectivity index is 1.45. The number of aryl methyl sites for hydroxylation is 2. The SMILES string of the molecule is Cc1cccc(C)c1-c1cc2nc(n1)NS(=O)(=O)c1cccc(c1)C(=O)N(Cc1cncc(N(C)CC3CC3)n1)[C@H](CC(C)(C)C)CO2. The number of anilines is 2. The fourth-order valence-electron chi connectivity index (χ4n) is 6.16. The molecule has 0 radical (unpaired) electrons. The van der Waals surface area contributed by atoms with Crippen molar-refractivity contribution in [1.82, 2.24) is 24.8 Å². The monoisotopic (exact) mass is 669 g/mol. The zero-order valence-electron chi connectivity index (χ0n) is 28.4. The maximum Gasteiger partial charge on any atom is 0.264 e. The molecule has 1 amide bonds. The molecule has 2 aliphatic rings. The third kappa shape index (κ3) is 7.75. The Morgan fingerprint density at radius 2 is 1.73 bits per heavy atom. The van der Waals surface area contributed by atoms with Crippen molar-refractivity contribution in [2.75, 3.05) is 29.8 Å². The summed E-state index contributed by atoms with van der Waals surface area (Å²) in [5.74, 6) is 1.16. The molecule has 0 unspecified atom stereocenters. The molecule has 2 aromatic heterocycles. The van der Waals surface area contributed by atoms with Crippen LogP contribution in [0.25, 0.3) is 11.3 Å². The average Bonchev–Trinajstić information content (AvgIpc) is 3.85. The van der Waals surface area contributed by atoms with Crippen LogP contribution in [0.4, 0.5) is 11.8 Å². The van der Waals surface area contributed by atoms with Crippen LogP contribution >= 0.6 is 0 Å². The van der Waals surface area contributed by atoms with Gasteiger partial charge in [0.2, 0.25) is 11.8 Å². The number of fused-ring (bicyclic) bond motifs is 4. The first-order chi connectivity index (χ1) is 22.8. The first-order valence-corrected chi connectivity index (χ1v) is 17.8. The van der Waals surface area contributed by atoms with Crippen LogP contribution in [0.3, 0.4) is 0 Å². The van der Waals surface area contributed by atoms with Crippen LogP contribution in [0.2, 0.25) is 0 Å². The second-order valence-corrected chi connectivity index (χ2v) is 15.9. The van der Waals surface area contributed by atoms with Gasteiger partial charge in [0.1, 0.15) is 12.4 Å². The first kappa shape index (κ1) is 33.3. The summed E-state index contributed by atoms with van der Waals surface area (Å²) in [6.45, 7) is 11.5. The van der Waals surface area contributed by atoms with Crippen LogP contribution in [0.15, 0.2) is 65.8 Å². The lowest BCUT2D eigenvalue weighted by molar-refractivity contribution is 0.0509. The van der Waals surface area contributed by atoms with Crippen LogP contribution < -0.4 is 14.4 Å². The van der Waals surface area contributed by atoms with Crippen molar-refractivity contribution >= 4 is 27.7 Å². The molecular weight excluding hydrogens is 627 g/mol. The molecule has 48 heavy (non-hydrogen) atoms. The average molecular weight is 670 g/mol. The lowest BCUT2D eigenvalue weighted by Gasteiger charge is -2.35. The molecular formula is C36H43N7O4S. The second kappa shape index (κ2) is 13.1. The van der Waals surface area contributed by atoms with Crippen LogP contribution in [0.5, 0.6) is 5.88 Å². The van der Waals surface area contributed by atoms with E-state index in [1.807, 2.05) is 39.1 Å². The van der Waals surface area contributed by atoms with E-state index in [-0.39, 0.29) is 46.8 Å². The Labute approximate surface area is 282 Å². The molecule has 6 rings (SSSR count). The molecule has 11 nitrogen and oxygen atoms in total. The maximum absolute atomic E-state index is 14.5. The zero-order chi connectivity index (χ0) is 34.2. The zero-order valence-corrected chi connectivity index (χ0v) is 29.2. The number of sulfonamides is 1. The summed E-state index contributed by atoms with van der Waals surface area (Å²) in [6, 6.07) is 13.3.